The number of nitrogens with one attached hydrogen (secondary N) is 2. The molecule has 258 valence electrons. The molecule has 0 aliphatic heterocycles. The van der Waals surface area contributed by atoms with E-state index >= 15 is 0 Å². The van der Waals surface area contributed by atoms with Crippen LogP contribution in [0.2, 0.25) is 0 Å². The molecule has 0 fully saturated rings. The van der Waals surface area contributed by atoms with Crippen LogP contribution >= 0.6 is 0 Å². The number of anilines is 2. The molecule has 2 atom stereocenters. The maximum Gasteiger partial charge on any atom is 0.0763 e. The molecule has 0 aliphatic carbocycles. The molecule has 0 saturated carbocycles. The summed E-state index contributed by atoms with van der Waals surface area (Å²) in [6, 6.07) is -0.0805. The van der Waals surface area contributed by atoms with E-state index in [1.165, 1.54) is 134 Å². The Labute approximate surface area is 294 Å². The van der Waals surface area contributed by atoms with Gasteiger partial charge in [0.15, 0.2) is 0 Å². The van der Waals surface area contributed by atoms with Crippen LogP contribution in [0.15, 0.2) is 0 Å². The van der Waals surface area contributed by atoms with E-state index < -0.39 is 0 Å². The lowest BCUT2D eigenvalue weighted by Crippen LogP contribution is -2.31. The Hall–Kier alpha value is -3.52. The predicted molar refractivity (Wildman–Crippen MR) is 213 cm³/mol. The van der Waals surface area contributed by atoms with E-state index in [0.29, 0.717) is 0 Å². The highest BCUT2D eigenvalue weighted by Crippen LogP contribution is 2.46. The van der Waals surface area contributed by atoms with Crippen LogP contribution in [0.3, 0.4) is 0 Å². The smallest absolute Gasteiger partial charge is 0.0763 e. The monoisotopic (exact) mass is 645 g/mol. The molecule has 2 nitrogen and oxygen atoms in total. The average Bonchev–Trinajstić information content (AvgIpc) is 3.06. The van der Waals surface area contributed by atoms with E-state index in [2.05, 4.69) is 149 Å². The van der Waals surface area contributed by atoms with Gasteiger partial charge in [-0.2, -0.15) is 0 Å². The van der Waals surface area contributed by atoms with Crippen LogP contribution in [-0.2, 0) is 0 Å². The molecule has 0 bridgehead atoms. The van der Waals surface area contributed by atoms with Gasteiger partial charge in [-0.25, -0.2) is 0 Å². The third-order valence-corrected chi connectivity index (χ3v) is 13.7. The summed E-state index contributed by atoms with van der Waals surface area (Å²) >= 11 is 0. The first-order chi connectivity index (χ1) is 22.2. The lowest BCUT2D eigenvalue weighted by atomic mass is 9.78. The Balaban J connectivity index is 2.24. The minimum absolute atomic E-state index is 0.0403. The highest BCUT2D eigenvalue weighted by atomic mass is 15.0. The van der Waals surface area contributed by atoms with Crippen LogP contribution in [0.5, 0.6) is 0 Å². The Bertz CT molecular complexity index is 1710. The van der Waals surface area contributed by atoms with Crippen molar-refractivity contribution in [2.45, 2.75) is 151 Å². The van der Waals surface area contributed by atoms with Crippen molar-refractivity contribution in [3.8, 4) is 0 Å². The lowest BCUT2D eigenvalue weighted by molar-refractivity contribution is 0.630. The van der Waals surface area contributed by atoms with Gasteiger partial charge < -0.3 is 10.6 Å². The maximum absolute atomic E-state index is 4.34. The van der Waals surface area contributed by atoms with Crippen LogP contribution in [0, 0.1) is 138 Å². The van der Waals surface area contributed by atoms with Crippen molar-refractivity contribution in [2.75, 3.05) is 10.6 Å². The molecule has 2 heteroatoms. The van der Waals surface area contributed by atoms with Crippen LogP contribution in [0.25, 0.3) is 0 Å². The van der Waals surface area contributed by atoms with E-state index in [-0.39, 0.29) is 12.1 Å². The summed E-state index contributed by atoms with van der Waals surface area (Å²) in [6.45, 7) is 46.2. The number of hydrogen-bond acceptors (Lipinski definition) is 2. The topological polar surface area (TPSA) is 24.1 Å². The highest BCUT2D eigenvalue weighted by molar-refractivity contribution is 5.70. The van der Waals surface area contributed by atoms with Crippen molar-refractivity contribution in [1.82, 2.24) is 0 Å². The van der Waals surface area contributed by atoms with Gasteiger partial charge in [0.05, 0.1) is 12.1 Å². The average molecular weight is 645 g/mol. The zero-order valence-electron chi connectivity index (χ0n) is 34.2. The van der Waals surface area contributed by atoms with Gasteiger partial charge in [-0.3, -0.25) is 0 Å². The summed E-state index contributed by atoms with van der Waals surface area (Å²) in [5, 5.41) is 8.68. The van der Waals surface area contributed by atoms with Gasteiger partial charge in [-0.1, -0.05) is 0 Å². The first-order valence-corrected chi connectivity index (χ1v) is 18.0. The first kappa shape index (κ1) is 37.3. The summed E-state index contributed by atoms with van der Waals surface area (Å²) in [6.07, 6.45) is 0. The molecule has 0 heterocycles. The van der Waals surface area contributed by atoms with Crippen molar-refractivity contribution in [2.24, 2.45) is 0 Å². The second kappa shape index (κ2) is 13.4. The second-order valence-corrected chi connectivity index (χ2v) is 15.3. The Morgan fingerprint density at radius 1 is 0.208 bits per heavy atom. The lowest BCUT2D eigenvalue weighted by Gasteiger charge is -2.39. The molecule has 0 aliphatic rings. The van der Waals surface area contributed by atoms with Crippen molar-refractivity contribution in [1.29, 1.82) is 0 Å². The fraction of sp³-hybridized carbons (Fsp3) is 0.478. The second-order valence-electron chi connectivity index (χ2n) is 15.3. The van der Waals surface area contributed by atoms with Crippen molar-refractivity contribution in [3.63, 3.8) is 0 Å². The fourth-order valence-electron chi connectivity index (χ4n) is 8.38. The van der Waals surface area contributed by atoms with Gasteiger partial charge in [0.1, 0.15) is 0 Å². The summed E-state index contributed by atoms with van der Waals surface area (Å²) in [5.74, 6) is 0. The molecule has 0 aromatic heterocycles. The predicted octanol–water partition coefficient (Wildman–Crippen LogP) is 12.9. The summed E-state index contributed by atoms with van der Waals surface area (Å²) in [4.78, 5) is 0. The molecule has 0 radical (unpaired) electrons. The Morgan fingerprint density at radius 3 is 0.542 bits per heavy atom. The molecule has 48 heavy (non-hydrogen) atoms. The minimum atomic E-state index is -0.0403. The first-order valence-electron chi connectivity index (χ1n) is 18.0. The minimum Gasteiger partial charge on any atom is -0.375 e. The molecule has 0 spiro atoms. The van der Waals surface area contributed by atoms with Crippen molar-refractivity contribution >= 4 is 11.4 Å². The van der Waals surface area contributed by atoms with Gasteiger partial charge in [-0.15, -0.1) is 0 Å². The van der Waals surface area contributed by atoms with Gasteiger partial charge in [0.2, 0.25) is 0 Å². The molecule has 4 rings (SSSR count). The molecular formula is C46H64N2. The van der Waals surface area contributed by atoms with Gasteiger partial charge in [0, 0.05) is 11.4 Å². The molecule has 4 aromatic rings. The van der Waals surface area contributed by atoms with E-state index in [1.807, 2.05) is 0 Å². The van der Waals surface area contributed by atoms with E-state index in [4.69, 9.17) is 0 Å². The van der Waals surface area contributed by atoms with Crippen LogP contribution in [0.1, 0.15) is 134 Å². The number of hydrogen-bond donors (Lipinski definition) is 2. The summed E-state index contributed by atoms with van der Waals surface area (Å²) in [7, 11) is 0. The maximum atomic E-state index is 4.34. The largest absolute Gasteiger partial charge is 0.375 e. The molecule has 4 aromatic carbocycles. The third kappa shape index (κ3) is 5.78. The van der Waals surface area contributed by atoms with E-state index in [0.717, 1.165) is 0 Å². The highest BCUT2D eigenvalue weighted by Gasteiger charge is 2.34. The SMILES string of the molecule is Cc1c(C)c(C)c(N[C@H](c2c(C)c(C)c(C)c(C)c2C)[C@H](Nc2c(C)c(C)c(C)c(C)c2C)c2c(C)c(C)c(C)c(C)c2C)c(C)c1C. The molecular weight excluding hydrogens is 581 g/mol. The number of rotatable bonds is 7. The zero-order valence-corrected chi connectivity index (χ0v) is 34.2. The van der Waals surface area contributed by atoms with E-state index in [9.17, 15) is 0 Å². The van der Waals surface area contributed by atoms with Crippen LogP contribution in [-0.4, -0.2) is 0 Å². The standard InChI is InChI=1S/C46H64N2/c1-21-25(5)33(13)41(34(14)26(21)6)45(47-43-37(17)29(9)23(3)30(10)38(43)18)46(42-35(15)27(7)22(2)28(8)36(42)16)48-44-39(19)31(11)24(4)32(12)40(44)20/h45-48H,1-20H3/t45-,46-/m1/s1. The van der Waals surface area contributed by atoms with E-state index in [1.54, 1.807) is 0 Å². The van der Waals surface area contributed by atoms with Crippen LogP contribution < -0.4 is 10.6 Å². The Kier molecular flexibility index (Phi) is 10.4. The van der Waals surface area contributed by atoms with Crippen LogP contribution in [0.4, 0.5) is 11.4 Å². The van der Waals surface area contributed by atoms with Gasteiger partial charge >= 0.3 is 0 Å². The fourth-order valence-corrected chi connectivity index (χ4v) is 8.38. The van der Waals surface area contributed by atoms with Gasteiger partial charge in [0.25, 0.3) is 0 Å². The quantitative estimate of drug-likeness (QED) is 0.209. The Morgan fingerprint density at radius 2 is 0.354 bits per heavy atom. The third-order valence-electron chi connectivity index (χ3n) is 13.7. The molecule has 2 N–H and O–H groups in total. The summed E-state index contributed by atoms with van der Waals surface area (Å²) < 4.78 is 0. The zero-order chi connectivity index (χ0) is 36.4. The molecule has 0 saturated heterocycles. The van der Waals surface area contributed by atoms with Crippen molar-refractivity contribution in [3.05, 3.63) is 122 Å². The van der Waals surface area contributed by atoms with Crippen molar-refractivity contribution < 1.29 is 0 Å². The normalized spacial score (nSPS) is 12.8. The number of benzene rings is 4. The molecule has 0 unspecified atom stereocenters. The molecule has 0 amide bonds. The summed E-state index contributed by atoms with van der Waals surface area (Å²) in [5.41, 5.74) is 32.9. The van der Waals surface area contributed by atoms with Gasteiger partial charge in [-0.05, 0) is 261 Å².